The summed E-state index contributed by atoms with van der Waals surface area (Å²) in [5.41, 5.74) is 0. The van der Waals surface area contributed by atoms with Gasteiger partial charge >= 0.3 is 0 Å². The van der Waals surface area contributed by atoms with Crippen LogP contribution in [0.25, 0.3) is 0 Å². The van der Waals surface area contributed by atoms with Crippen LogP contribution in [0.15, 0.2) is 17.3 Å². The van der Waals surface area contributed by atoms with Crippen molar-refractivity contribution in [3.05, 3.63) is 12.3 Å². The summed E-state index contributed by atoms with van der Waals surface area (Å²) in [4.78, 5) is 4.17. The molecule has 92 valence electrons. The summed E-state index contributed by atoms with van der Waals surface area (Å²) in [7, 11) is 0. The molecule has 0 aromatic carbocycles. The molecule has 0 fully saturated rings. The maximum atomic E-state index is 9.21. The topological polar surface area (TPSA) is 65.9 Å². The number of β-amino-alcohol motifs (C(OH)–C–C–N with tert-alkyl or cyclic N) is 1. The first kappa shape index (κ1) is 13.3. The van der Waals surface area contributed by atoms with Gasteiger partial charge < -0.3 is 20.5 Å². The highest BCUT2D eigenvalue weighted by molar-refractivity contribution is 8.93. The lowest BCUT2D eigenvalue weighted by Gasteiger charge is -2.23. The van der Waals surface area contributed by atoms with E-state index in [1.807, 2.05) is 6.08 Å². The summed E-state index contributed by atoms with van der Waals surface area (Å²) in [5, 5.41) is 15.4. The zero-order valence-electron chi connectivity index (χ0n) is 9.06. The number of ether oxygens (including phenoxy) is 1. The number of allylic oxidation sites excluding steroid dienone is 1. The molecule has 2 unspecified atom stereocenters. The average Bonchev–Trinajstić information content (AvgIpc) is 2.30. The number of nitrogens with zero attached hydrogens (tertiary/aromatic N) is 1. The molecule has 2 atom stereocenters. The van der Waals surface area contributed by atoms with Crippen molar-refractivity contribution < 1.29 is 9.84 Å². The van der Waals surface area contributed by atoms with Crippen LogP contribution in [0.3, 0.4) is 0 Å². The molecule has 0 bridgehead atoms. The number of aliphatic hydroxyl groups is 1. The van der Waals surface area contributed by atoms with Crippen LogP contribution in [0.5, 0.6) is 0 Å². The second-order valence-electron chi connectivity index (χ2n) is 3.81. The highest BCUT2D eigenvalue weighted by atomic mass is 79.9. The van der Waals surface area contributed by atoms with Gasteiger partial charge in [0.15, 0.2) is 5.96 Å². The molecule has 2 heterocycles. The first-order chi connectivity index (χ1) is 7.34. The summed E-state index contributed by atoms with van der Waals surface area (Å²) in [6, 6.07) is 0. The van der Waals surface area contributed by atoms with Crippen molar-refractivity contribution in [3.63, 3.8) is 0 Å². The van der Waals surface area contributed by atoms with Crippen molar-refractivity contribution in [3.8, 4) is 0 Å². The molecule has 6 heteroatoms. The summed E-state index contributed by atoms with van der Waals surface area (Å²) in [5.74, 6) is 0.762. The molecule has 16 heavy (non-hydrogen) atoms. The Morgan fingerprint density at radius 3 is 3.12 bits per heavy atom. The summed E-state index contributed by atoms with van der Waals surface area (Å²) in [6.07, 6.45) is 5.78. The van der Waals surface area contributed by atoms with Crippen LogP contribution in [0.1, 0.15) is 12.8 Å². The SMILES string of the molecule is Br.OC1CN=C(NCC2CCC=CO2)NC1. The predicted molar refractivity (Wildman–Crippen MR) is 67.9 cm³/mol. The number of nitrogens with one attached hydrogen (secondary N) is 2. The molecule has 3 N–H and O–H groups in total. The Hall–Kier alpha value is -0.750. The summed E-state index contributed by atoms with van der Waals surface area (Å²) < 4.78 is 5.41. The normalized spacial score (nSPS) is 28.2. The fourth-order valence-corrected chi connectivity index (χ4v) is 1.60. The van der Waals surface area contributed by atoms with E-state index in [-0.39, 0.29) is 29.2 Å². The Kier molecular flexibility index (Phi) is 5.62. The number of hydrogen-bond acceptors (Lipinski definition) is 5. The van der Waals surface area contributed by atoms with Gasteiger partial charge in [-0.15, -0.1) is 17.0 Å². The molecule has 2 aliphatic rings. The van der Waals surface area contributed by atoms with Crippen molar-refractivity contribution in [2.24, 2.45) is 4.99 Å². The van der Waals surface area contributed by atoms with Crippen LogP contribution in [0.4, 0.5) is 0 Å². The Bertz CT molecular complexity index is 271. The molecular formula is C10H18BrN3O2. The Labute approximate surface area is 106 Å². The molecule has 2 rings (SSSR count). The van der Waals surface area contributed by atoms with Gasteiger partial charge in [0.2, 0.25) is 0 Å². The largest absolute Gasteiger partial charge is 0.497 e. The number of rotatable bonds is 2. The fourth-order valence-electron chi connectivity index (χ4n) is 1.60. The van der Waals surface area contributed by atoms with Crippen LogP contribution in [-0.2, 0) is 4.74 Å². The van der Waals surface area contributed by atoms with Crippen molar-refractivity contribution in [2.75, 3.05) is 19.6 Å². The van der Waals surface area contributed by atoms with E-state index in [9.17, 15) is 5.11 Å². The molecule has 0 spiro atoms. The number of aliphatic imine (C=N–C) groups is 1. The van der Waals surface area contributed by atoms with Gasteiger partial charge in [0, 0.05) is 6.54 Å². The minimum atomic E-state index is -0.357. The Balaban J connectivity index is 0.00000128. The Morgan fingerprint density at radius 2 is 2.50 bits per heavy atom. The van der Waals surface area contributed by atoms with Crippen molar-refractivity contribution in [1.82, 2.24) is 10.6 Å². The number of hydrogen-bond donors (Lipinski definition) is 3. The van der Waals surface area contributed by atoms with Crippen LogP contribution in [0, 0.1) is 0 Å². The first-order valence-corrected chi connectivity index (χ1v) is 5.35. The van der Waals surface area contributed by atoms with Gasteiger partial charge in [-0.2, -0.15) is 0 Å². The van der Waals surface area contributed by atoms with Gasteiger partial charge in [0.25, 0.3) is 0 Å². The quantitative estimate of drug-likeness (QED) is 0.679. The Morgan fingerprint density at radius 1 is 1.62 bits per heavy atom. The van der Waals surface area contributed by atoms with Crippen LogP contribution in [-0.4, -0.2) is 42.9 Å². The smallest absolute Gasteiger partial charge is 0.191 e. The van der Waals surface area contributed by atoms with Gasteiger partial charge in [-0.1, -0.05) is 0 Å². The van der Waals surface area contributed by atoms with E-state index in [2.05, 4.69) is 15.6 Å². The number of halogens is 1. The molecule has 0 saturated heterocycles. The van der Waals surface area contributed by atoms with Crippen LogP contribution < -0.4 is 10.6 Å². The lowest BCUT2D eigenvalue weighted by atomic mass is 10.1. The van der Waals surface area contributed by atoms with Gasteiger partial charge in [-0.3, -0.25) is 4.99 Å². The van der Waals surface area contributed by atoms with Gasteiger partial charge in [-0.25, -0.2) is 0 Å². The molecule has 0 saturated carbocycles. The lowest BCUT2D eigenvalue weighted by Crippen LogP contribution is -2.48. The predicted octanol–water partition coefficient (Wildman–Crippen LogP) is 0.167. The standard InChI is InChI=1S/C10H17N3O2.BrH/c14-8-5-11-10(12-6-8)13-7-9-3-1-2-4-15-9;/h2,4,8-9,14H,1,3,5-7H2,(H2,11,12,13);1H. The number of aliphatic hydroxyl groups excluding tert-OH is 1. The second-order valence-corrected chi connectivity index (χ2v) is 3.81. The highest BCUT2D eigenvalue weighted by Crippen LogP contribution is 2.08. The number of guanidine groups is 1. The van der Waals surface area contributed by atoms with Crippen molar-refractivity contribution in [1.29, 1.82) is 0 Å². The van der Waals surface area contributed by atoms with E-state index < -0.39 is 0 Å². The van der Waals surface area contributed by atoms with Crippen LogP contribution >= 0.6 is 17.0 Å². The van der Waals surface area contributed by atoms with Gasteiger partial charge in [0.1, 0.15) is 6.10 Å². The second kappa shape index (κ2) is 6.75. The minimum Gasteiger partial charge on any atom is -0.497 e. The molecule has 5 nitrogen and oxygen atoms in total. The van der Waals surface area contributed by atoms with E-state index in [0.29, 0.717) is 13.1 Å². The molecule has 0 aromatic rings. The molecule has 0 aromatic heterocycles. The summed E-state index contributed by atoms with van der Waals surface area (Å²) in [6.45, 7) is 1.80. The van der Waals surface area contributed by atoms with Crippen LogP contribution in [0.2, 0.25) is 0 Å². The zero-order valence-corrected chi connectivity index (χ0v) is 10.8. The van der Waals surface area contributed by atoms with Crippen molar-refractivity contribution in [2.45, 2.75) is 25.0 Å². The van der Waals surface area contributed by atoms with E-state index in [4.69, 9.17) is 4.74 Å². The van der Waals surface area contributed by atoms with Gasteiger partial charge in [-0.05, 0) is 18.9 Å². The molecular weight excluding hydrogens is 274 g/mol. The zero-order chi connectivity index (χ0) is 10.5. The maximum Gasteiger partial charge on any atom is 0.191 e. The molecule has 0 aliphatic carbocycles. The first-order valence-electron chi connectivity index (χ1n) is 5.35. The van der Waals surface area contributed by atoms with E-state index in [0.717, 1.165) is 25.3 Å². The molecule has 0 amide bonds. The third-order valence-corrected chi connectivity index (χ3v) is 2.49. The van der Waals surface area contributed by atoms with E-state index in [1.54, 1.807) is 6.26 Å². The summed E-state index contributed by atoms with van der Waals surface area (Å²) >= 11 is 0. The lowest BCUT2D eigenvalue weighted by molar-refractivity contribution is 0.126. The molecule has 0 radical (unpaired) electrons. The monoisotopic (exact) mass is 291 g/mol. The third-order valence-electron chi connectivity index (χ3n) is 2.49. The fraction of sp³-hybridized carbons (Fsp3) is 0.700. The minimum absolute atomic E-state index is 0. The maximum absolute atomic E-state index is 9.21. The van der Waals surface area contributed by atoms with E-state index >= 15 is 0 Å². The highest BCUT2D eigenvalue weighted by Gasteiger charge is 2.14. The average molecular weight is 292 g/mol. The third kappa shape index (κ3) is 4.02. The van der Waals surface area contributed by atoms with Crippen molar-refractivity contribution >= 4 is 22.9 Å². The van der Waals surface area contributed by atoms with Gasteiger partial charge in [0.05, 0.1) is 25.5 Å². The molecule has 2 aliphatic heterocycles. The van der Waals surface area contributed by atoms with E-state index in [1.165, 1.54) is 0 Å².